The van der Waals surface area contributed by atoms with Gasteiger partial charge in [0.1, 0.15) is 5.75 Å². The van der Waals surface area contributed by atoms with E-state index in [1.165, 1.54) is 26.4 Å². The number of hydrogen-bond acceptors (Lipinski definition) is 7. The van der Waals surface area contributed by atoms with Crippen LogP contribution in [0.3, 0.4) is 0 Å². The number of aryl methyl sites for hydroxylation is 2. The predicted octanol–water partition coefficient (Wildman–Crippen LogP) is 2.76. The van der Waals surface area contributed by atoms with Gasteiger partial charge in [-0.3, -0.25) is 14.9 Å². The number of hydrazone groups is 1. The zero-order chi connectivity index (χ0) is 20.7. The van der Waals surface area contributed by atoms with Crippen LogP contribution >= 0.6 is 0 Å². The van der Waals surface area contributed by atoms with Crippen LogP contribution in [0.15, 0.2) is 35.4 Å². The number of carbonyl (C=O) groups is 1. The topological polar surface area (TPSA) is 112 Å². The van der Waals surface area contributed by atoms with Crippen LogP contribution < -0.4 is 19.6 Å². The van der Waals surface area contributed by atoms with E-state index in [0.717, 1.165) is 17.3 Å². The van der Waals surface area contributed by atoms with E-state index in [9.17, 15) is 14.9 Å². The lowest BCUT2D eigenvalue weighted by atomic mass is 10.1. The fraction of sp³-hybridized carbons (Fsp3) is 0.263. The van der Waals surface area contributed by atoms with Crippen molar-refractivity contribution in [2.24, 2.45) is 5.10 Å². The molecule has 0 aliphatic carbocycles. The van der Waals surface area contributed by atoms with Gasteiger partial charge in [-0.25, -0.2) is 5.43 Å². The summed E-state index contributed by atoms with van der Waals surface area (Å²) in [5.41, 5.74) is 4.24. The third-order valence-corrected chi connectivity index (χ3v) is 3.69. The average molecular weight is 387 g/mol. The van der Waals surface area contributed by atoms with Gasteiger partial charge in [0.05, 0.1) is 37.0 Å². The molecule has 0 radical (unpaired) electrons. The summed E-state index contributed by atoms with van der Waals surface area (Å²) in [6.07, 6.45) is 1.16. The quantitative estimate of drug-likeness (QED) is 0.423. The lowest BCUT2D eigenvalue weighted by Crippen LogP contribution is -2.24. The van der Waals surface area contributed by atoms with E-state index in [1.54, 1.807) is 0 Å². The fourth-order valence-corrected chi connectivity index (χ4v) is 2.52. The van der Waals surface area contributed by atoms with Crippen molar-refractivity contribution in [3.8, 4) is 17.2 Å². The molecular formula is C19H21N3O6. The monoisotopic (exact) mass is 387 g/mol. The first kappa shape index (κ1) is 20.7. The number of carbonyl (C=O) groups excluding carboxylic acids is 1. The summed E-state index contributed by atoms with van der Waals surface area (Å²) in [5, 5.41) is 15.0. The first-order chi connectivity index (χ1) is 13.3. The van der Waals surface area contributed by atoms with Gasteiger partial charge in [0.15, 0.2) is 18.1 Å². The van der Waals surface area contributed by atoms with Crippen LogP contribution in [0.4, 0.5) is 5.69 Å². The highest BCUT2D eigenvalue weighted by molar-refractivity contribution is 5.88. The van der Waals surface area contributed by atoms with E-state index in [-0.39, 0.29) is 23.6 Å². The third kappa shape index (κ3) is 5.44. The Labute approximate surface area is 162 Å². The normalized spacial score (nSPS) is 10.6. The number of ether oxygens (including phenoxy) is 3. The molecule has 2 aromatic rings. The number of hydrogen-bond donors (Lipinski definition) is 1. The zero-order valence-electron chi connectivity index (χ0n) is 16.0. The second kappa shape index (κ2) is 9.36. The Bertz CT molecular complexity index is 891. The predicted molar refractivity (Wildman–Crippen MR) is 103 cm³/mol. The lowest BCUT2D eigenvalue weighted by molar-refractivity contribution is -0.385. The minimum atomic E-state index is -0.575. The first-order valence-corrected chi connectivity index (χ1v) is 8.27. The third-order valence-electron chi connectivity index (χ3n) is 3.69. The van der Waals surface area contributed by atoms with Crippen molar-refractivity contribution in [1.82, 2.24) is 5.43 Å². The molecule has 0 saturated carbocycles. The number of methoxy groups -OCH3 is 2. The highest BCUT2D eigenvalue weighted by atomic mass is 16.6. The first-order valence-electron chi connectivity index (χ1n) is 8.27. The minimum Gasteiger partial charge on any atom is -0.493 e. The van der Waals surface area contributed by atoms with Crippen molar-refractivity contribution in [2.45, 2.75) is 13.8 Å². The molecule has 0 aliphatic heterocycles. The van der Waals surface area contributed by atoms with Crippen molar-refractivity contribution in [1.29, 1.82) is 0 Å². The van der Waals surface area contributed by atoms with Gasteiger partial charge in [0.25, 0.3) is 11.6 Å². The molecule has 0 aliphatic rings. The van der Waals surface area contributed by atoms with Crippen molar-refractivity contribution in [3.63, 3.8) is 0 Å². The largest absolute Gasteiger partial charge is 0.493 e. The second-order valence-electron chi connectivity index (χ2n) is 5.93. The van der Waals surface area contributed by atoms with Gasteiger partial charge in [0.2, 0.25) is 0 Å². The highest BCUT2D eigenvalue weighted by Crippen LogP contribution is 2.33. The van der Waals surface area contributed by atoms with Crippen molar-refractivity contribution in [3.05, 3.63) is 57.1 Å². The molecule has 148 valence electrons. The average Bonchev–Trinajstić information content (AvgIpc) is 2.65. The Morgan fingerprint density at radius 3 is 2.29 bits per heavy atom. The Kier molecular flexibility index (Phi) is 6.91. The molecule has 2 rings (SSSR count). The Morgan fingerprint density at radius 2 is 1.71 bits per heavy atom. The maximum atomic E-state index is 11.9. The SMILES string of the molecule is COc1cc(/C=N/NC(=O)COc2cc(C)cc(C)c2)c([N+](=O)[O-])cc1OC. The van der Waals surface area contributed by atoms with Gasteiger partial charge >= 0.3 is 0 Å². The zero-order valence-corrected chi connectivity index (χ0v) is 16.0. The molecule has 9 nitrogen and oxygen atoms in total. The Morgan fingerprint density at radius 1 is 1.11 bits per heavy atom. The van der Waals surface area contributed by atoms with E-state index in [1.807, 2.05) is 32.0 Å². The number of amides is 1. The van der Waals surface area contributed by atoms with Crippen LogP contribution in [0.5, 0.6) is 17.2 Å². The maximum Gasteiger partial charge on any atom is 0.282 e. The van der Waals surface area contributed by atoms with Gasteiger partial charge in [-0.15, -0.1) is 0 Å². The number of nitrogens with zero attached hydrogens (tertiary/aromatic N) is 2. The van der Waals surface area contributed by atoms with E-state index in [2.05, 4.69) is 10.5 Å². The van der Waals surface area contributed by atoms with Crippen molar-refractivity contribution >= 4 is 17.8 Å². The smallest absolute Gasteiger partial charge is 0.282 e. The molecule has 0 bridgehead atoms. The summed E-state index contributed by atoms with van der Waals surface area (Å²) in [7, 11) is 2.79. The van der Waals surface area contributed by atoms with E-state index in [4.69, 9.17) is 14.2 Å². The summed E-state index contributed by atoms with van der Waals surface area (Å²) >= 11 is 0. The number of rotatable bonds is 8. The molecule has 0 saturated heterocycles. The molecule has 1 N–H and O–H groups in total. The van der Waals surface area contributed by atoms with E-state index >= 15 is 0 Å². The van der Waals surface area contributed by atoms with Gasteiger partial charge in [-0.2, -0.15) is 5.10 Å². The van der Waals surface area contributed by atoms with Crippen molar-refractivity contribution in [2.75, 3.05) is 20.8 Å². The van der Waals surface area contributed by atoms with Crippen LogP contribution in [-0.2, 0) is 4.79 Å². The molecule has 9 heteroatoms. The van der Waals surface area contributed by atoms with Crippen LogP contribution in [-0.4, -0.2) is 37.9 Å². The van der Waals surface area contributed by atoms with Gasteiger partial charge in [-0.05, 0) is 43.2 Å². The summed E-state index contributed by atoms with van der Waals surface area (Å²) < 4.78 is 15.6. The summed E-state index contributed by atoms with van der Waals surface area (Å²) in [5.74, 6) is 0.599. The molecule has 2 aromatic carbocycles. The standard InChI is InChI=1S/C19H21N3O6/c1-12-5-13(2)7-15(6-12)28-11-19(23)21-20-10-14-8-17(26-3)18(27-4)9-16(14)22(24)25/h5-10H,11H2,1-4H3,(H,21,23)/b20-10+. The molecule has 0 unspecified atom stereocenters. The molecule has 0 heterocycles. The molecule has 1 amide bonds. The maximum absolute atomic E-state index is 11.9. The summed E-state index contributed by atoms with van der Waals surface area (Å²) in [4.78, 5) is 22.6. The highest BCUT2D eigenvalue weighted by Gasteiger charge is 2.18. The van der Waals surface area contributed by atoms with Crippen molar-refractivity contribution < 1.29 is 23.9 Å². The van der Waals surface area contributed by atoms with E-state index in [0.29, 0.717) is 11.5 Å². The summed E-state index contributed by atoms with van der Waals surface area (Å²) in [6, 6.07) is 8.25. The molecule has 0 atom stereocenters. The number of nitro benzene ring substituents is 1. The molecular weight excluding hydrogens is 366 g/mol. The molecule has 0 fully saturated rings. The fourth-order valence-electron chi connectivity index (χ4n) is 2.52. The van der Waals surface area contributed by atoms with Crippen LogP contribution in [0.25, 0.3) is 0 Å². The number of benzene rings is 2. The molecule has 28 heavy (non-hydrogen) atoms. The van der Waals surface area contributed by atoms with Gasteiger partial charge in [-0.1, -0.05) is 6.07 Å². The molecule has 0 aromatic heterocycles. The van der Waals surface area contributed by atoms with Gasteiger partial charge in [0, 0.05) is 0 Å². The summed E-state index contributed by atoms with van der Waals surface area (Å²) in [6.45, 7) is 3.62. The number of nitrogens with one attached hydrogen (secondary N) is 1. The lowest BCUT2D eigenvalue weighted by Gasteiger charge is -2.09. The molecule has 0 spiro atoms. The van der Waals surface area contributed by atoms with Crippen LogP contribution in [0.2, 0.25) is 0 Å². The van der Waals surface area contributed by atoms with Gasteiger partial charge < -0.3 is 14.2 Å². The van der Waals surface area contributed by atoms with Crippen LogP contribution in [0.1, 0.15) is 16.7 Å². The Hall–Kier alpha value is -3.62. The second-order valence-corrected chi connectivity index (χ2v) is 5.93. The van der Waals surface area contributed by atoms with E-state index < -0.39 is 10.8 Å². The van der Waals surface area contributed by atoms with Crippen LogP contribution in [0, 0.1) is 24.0 Å². The number of nitro groups is 1. The Balaban J connectivity index is 2.05. The minimum absolute atomic E-state index is 0.151.